The number of amides is 2. The standard InChI is InChI=1S/C30H32F2N2O2/c31-25-15-11-23(12-16-25)20-29(35)34(21-24-13-17-26(32)18-14-24)28(19-22-7-3-1-4-8-22)30(36)33-27-9-5-2-6-10-27/h1,3-4,7-8,11-18,27-28H,2,5-6,9-10,19-21H2,(H,33,36). The quantitative estimate of drug-likeness (QED) is 0.425. The normalized spacial score (nSPS) is 14.7. The van der Waals surface area contributed by atoms with Crippen molar-refractivity contribution in [3.8, 4) is 0 Å². The zero-order valence-electron chi connectivity index (χ0n) is 20.3. The lowest BCUT2D eigenvalue weighted by Gasteiger charge is -2.33. The van der Waals surface area contributed by atoms with Gasteiger partial charge >= 0.3 is 0 Å². The van der Waals surface area contributed by atoms with Gasteiger partial charge in [0.05, 0.1) is 6.42 Å². The van der Waals surface area contributed by atoms with Crippen LogP contribution in [0.2, 0.25) is 0 Å². The summed E-state index contributed by atoms with van der Waals surface area (Å²) in [5, 5.41) is 3.20. The largest absolute Gasteiger partial charge is 0.352 e. The fourth-order valence-corrected chi connectivity index (χ4v) is 4.76. The average molecular weight is 491 g/mol. The van der Waals surface area contributed by atoms with E-state index < -0.39 is 6.04 Å². The second kappa shape index (κ2) is 12.4. The molecular weight excluding hydrogens is 458 g/mol. The predicted octanol–water partition coefficient (Wildman–Crippen LogP) is 5.60. The van der Waals surface area contributed by atoms with Crippen molar-refractivity contribution in [3.63, 3.8) is 0 Å². The summed E-state index contributed by atoms with van der Waals surface area (Å²) in [6, 6.07) is 20.8. The van der Waals surface area contributed by atoms with Crippen LogP contribution < -0.4 is 5.32 Å². The minimum Gasteiger partial charge on any atom is -0.352 e. The lowest BCUT2D eigenvalue weighted by Crippen LogP contribution is -2.53. The molecule has 0 heterocycles. The Labute approximate surface area is 211 Å². The molecule has 1 aliphatic rings. The molecule has 0 bridgehead atoms. The van der Waals surface area contributed by atoms with E-state index in [1.807, 2.05) is 30.3 Å². The summed E-state index contributed by atoms with van der Waals surface area (Å²) >= 11 is 0. The van der Waals surface area contributed by atoms with Gasteiger partial charge in [0.15, 0.2) is 0 Å². The van der Waals surface area contributed by atoms with Gasteiger partial charge in [0.2, 0.25) is 11.8 Å². The highest BCUT2D eigenvalue weighted by Gasteiger charge is 2.32. The fourth-order valence-electron chi connectivity index (χ4n) is 4.76. The third kappa shape index (κ3) is 7.23. The number of hydrogen-bond donors (Lipinski definition) is 1. The van der Waals surface area contributed by atoms with Crippen LogP contribution in [0.3, 0.4) is 0 Å². The predicted molar refractivity (Wildman–Crippen MR) is 136 cm³/mol. The van der Waals surface area contributed by atoms with Crippen molar-refractivity contribution in [2.45, 2.75) is 63.6 Å². The van der Waals surface area contributed by atoms with Crippen LogP contribution in [0.1, 0.15) is 48.8 Å². The summed E-state index contributed by atoms with van der Waals surface area (Å²) in [7, 11) is 0. The van der Waals surface area contributed by atoms with Crippen molar-refractivity contribution in [3.05, 3.63) is 107 Å². The molecule has 3 aromatic rings. The molecule has 0 aliphatic heterocycles. The highest BCUT2D eigenvalue weighted by atomic mass is 19.1. The first-order chi connectivity index (χ1) is 17.5. The SMILES string of the molecule is O=C(NC1CCCCC1)C(Cc1ccccc1)N(Cc1ccc(F)cc1)C(=O)Cc1ccc(F)cc1. The van der Waals surface area contributed by atoms with E-state index in [4.69, 9.17) is 0 Å². The maximum Gasteiger partial charge on any atom is 0.243 e. The van der Waals surface area contributed by atoms with Crippen LogP contribution in [-0.2, 0) is 29.0 Å². The average Bonchev–Trinajstić information content (AvgIpc) is 2.89. The van der Waals surface area contributed by atoms with Crippen molar-refractivity contribution in [2.75, 3.05) is 0 Å². The third-order valence-electron chi connectivity index (χ3n) is 6.76. The summed E-state index contributed by atoms with van der Waals surface area (Å²) < 4.78 is 27.0. The van der Waals surface area contributed by atoms with Gasteiger partial charge in [-0.05, 0) is 53.8 Å². The molecule has 0 radical (unpaired) electrons. The van der Waals surface area contributed by atoms with E-state index in [0.717, 1.165) is 36.8 Å². The van der Waals surface area contributed by atoms with E-state index in [1.54, 1.807) is 29.2 Å². The monoisotopic (exact) mass is 490 g/mol. The van der Waals surface area contributed by atoms with Gasteiger partial charge in [0.25, 0.3) is 0 Å². The maximum absolute atomic E-state index is 13.7. The van der Waals surface area contributed by atoms with E-state index in [9.17, 15) is 18.4 Å². The molecule has 0 spiro atoms. The topological polar surface area (TPSA) is 49.4 Å². The first-order valence-corrected chi connectivity index (χ1v) is 12.6. The molecule has 1 fully saturated rings. The molecule has 0 saturated heterocycles. The Morgan fingerprint density at radius 1 is 0.778 bits per heavy atom. The molecule has 3 aromatic carbocycles. The summed E-state index contributed by atoms with van der Waals surface area (Å²) in [5.41, 5.74) is 2.34. The number of nitrogens with one attached hydrogen (secondary N) is 1. The summed E-state index contributed by atoms with van der Waals surface area (Å²) in [4.78, 5) is 28.9. The zero-order valence-corrected chi connectivity index (χ0v) is 20.3. The van der Waals surface area contributed by atoms with Crippen molar-refractivity contribution < 1.29 is 18.4 Å². The minimum atomic E-state index is -0.743. The smallest absolute Gasteiger partial charge is 0.243 e. The summed E-state index contributed by atoms with van der Waals surface area (Å²) in [6.45, 7) is 0.163. The van der Waals surface area contributed by atoms with E-state index in [0.29, 0.717) is 12.0 Å². The Morgan fingerprint density at radius 2 is 1.36 bits per heavy atom. The number of rotatable bonds is 9. The van der Waals surface area contributed by atoms with Gasteiger partial charge in [0.1, 0.15) is 17.7 Å². The van der Waals surface area contributed by atoms with Crippen LogP contribution >= 0.6 is 0 Å². The van der Waals surface area contributed by atoms with Crippen LogP contribution in [0.15, 0.2) is 78.9 Å². The molecule has 2 amide bonds. The molecular formula is C30H32F2N2O2. The van der Waals surface area contributed by atoms with Crippen molar-refractivity contribution in [1.82, 2.24) is 10.2 Å². The second-order valence-electron chi connectivity index (χ2n) is 9.50. The van der Waals surface area contributed by atoms with Gasteiger partial charge in [-0.3, -0.25) is 9.59 Å². The Bertz CT molecular complexity index is 1130. The number of nitrogens with zero attached hydrogens (tertiary/aromatic N) is 1. The Kier molecular flexibility index (Phi) is 8.82. The lowest BCUT2D eigenvalue weighted by molar-refractivity contribution is -0.141. The highest BCUT2D eigenvalue weighted by Crippen LogP contribution is 2.20. The number of hydrogen-bond acceptors (Lipinski definition) is 2. The van der Waals surface area contributed by atoms with E-state index in [1.165, 1.54) is 30.7 Å². The summed E-state index contributed by atoms with van der Waals surface area (Å²) in [6.07, 6.45) is 5.59. The number of carbonyl (C=O) groups is 2. The van der Waals surface area contributed by atoms with Gasteiger partial charge in [-0.1, -0.05) is 73.9 Å². The minimum absolute atomic E-state index is 0.0312. The van der Waals surface area contributed by atoms with Gasteiger partial charge in [0, 0.05) is 19.0 Å². The van der Waals surface area contributed by atoms with Crippen LogP contribution in [0.25, 0.3) is 0 Å². The molecule has 1 atom stereocenters. The van der Waals surface area contributed by atoms with Crippen molar-refractivity contribution in [1.29, 1.82) is 0 Å². The van der Waals surface area contributed by atoms with Crippen LogP contribution in [-0.4, -0.2) is 28.8 Å². The Balaban J connectivity index is 1.64. The Hall–Kier alpha value is -3.54. The molecule has 1 saturated carbocycles. The molecule has 4 rings (SSSR count). The maximum atomic E-state index is 13.7. The molecule has 1 aliphatic carbocycles. The van der Waals surface area contributed by atoms with Crippen molar-refractivity contribution >= 4 is 11.8 Å². The molecule has 36 heavy (non-hydrogen) atoms. The van der Waals surface area contributed by atoms with Gasteiger partial charge in [-0.25, -0.2) is 8.78 Å². The first-order valence-electron chi connectivity index (χ1n) is 12.6. The van der Waals surface area contributed by atoms with Crippen LogP contribution in [0.4, 0.5) is 8.78 Å². The van der Waals surface area contributed by atoms with Gasteiger partial charge in [-0.2, -0.15) is 0 Å². The number of halogens is 2. The molecule has 1 unspecified atom stereocenters. The number of carbonyl (C=O) groups excluding carboxylic acids is 2. The molecule has 4 nitrogen and oxygen atoms in total. The van der Waals surface area contributed by atoms with E-state index >= 15 is 0 Å². The molecule has 188 valence electrons. The molecule has 1 N–H and O–H groups in total. The lowest BCUT2D eigenvalue weighted by atomic mass is 9.94. The van der Waals surface area contributed by atoms with Gasteiger partial charge < -0.3 is 10.2 Å². The second-order valence-corrected chi connectivity index (χ2v) is 9.50. The van der Waals surface area contributed by atoms with Crippen LogP contribution in [0, 0.1) is 11.6 Å². The summed E-state index contributed by atoms with van der Waals surface area (Å²) in [5.74, 6) is -1.16. The third-order valence-corrected chi connectivity index (χ3v) is 6.76. The van der Waals surface area contributed by atoms with E-state index in [2.05, 4.69) is 5.32 Å². The number of benzene rings is 3. The highest BCUT2D eigenvalue weighted by molar-refractivity contribution is 5.89. The van der Waals surface area contributed by atoms with E-state index in [-0.39, 0.29) is 42.5 Å². The first kappa shape index (κ1) is 25.5. The zero-order chi connectivity index (χ0) is 25.3. The molecule has 0 aromatic heterocycles. The van der Waals surface area contributed by atoms with Gasteiger partial charge in [-0.15, -0.1) is 0 Å². The Morgan fingerprint density at radius 3 is 1.97 bits per heavy atom. The van der Waals surface area contributed by atoms with Crippen molar-refractivity contribution in [2.24, 2.45) is 0 Å². The fraction of sp³-hybridized carbons (Fsp3) is 0.333. The molecule has 6 heteroatoms. The van der Waals surface area contributed by atoms with Crippen LogP contribution in [0.5, 0.6) is 0 Å².